The molecule has 0 aliphatic carbocycles. The fourth-order valence-corrected chi connectivity index (χ4v) is 2.28. The number of anilines is 1. The van der Waals surface area contributed by atoms with Gasteiger partial charge in [-0.3, -0.25) is 0 Å². The fraction of sp³-hybridized carbons (Fsp3) is 0.0588. The first-order valence-electron chi connectivity index (χ1n) is 6.94. The monoisotopic (exact) mass is 300 g/mol. The Morgan fingerprint density at radius 1 is 1.00 bits per heavy atom. The Morgan fingerprint density at radius 2 is 1.78 bits per heavy atom. The fourth-order valence-electron chi connectivity index (χ4n) is 2.28. The number of nitriles is 2. The van der Waals surface area contributed by atoms with Gasteiger partial charge in [-0.1, -0.05) is 12.1 Å². The number of aromatic nitrogens is 3. The Balaban J connectivity index is 1.92. The Morgan fingerprint density at radius 3 is 2.43 bits per heavy atom. The van der Waals surface area contributed by atoms with Crippen LogP contribution in [0.5, 0.6) is 0 Å². The van der Waals surface area contributed by atoms with Crippen LogP contribution in [0.1, 0.15) is 16.7 Å². The zero-order chi connectivity index (χ0) is 16.1. The molecule has 0 saturated carbocycles. The average molecular weight is 300 g/mol. The molecule has 0 fully saturated rings. The van der Waals surface area contributed by atoms with Crippen LogP contribution in [-0.2, 0) is 6.54 Å². The van der Waals surface area contributed by atoms with Gasteiger partial charge in [-0.2, -0.15) is 15.6 Å². The summed E-state index contributed by atoms with van der Waals surface area (Å²) < 4.78 is 1.68. The second-order valence-electron chi connectivity index (χ2n) is 4.74. The maximum atomic E-state index is 9.21. The maximum Gasteiger partial charge on any atom is 0.158 e. The van der Waals surface area contributed by atoms with E-state index in [4.69, 9.17) is 0 Å². The molecule has 1 aromatic carbocycles. The van der Waals surface area contributed by atoms with Crippen molar-refractivity contribution in [1.29, 1.82) is 10.5 Å². The highest BCUT2D eigenvalue weighted by molar-refractivity contribution is 5.66. The molecule has 0 bridgehead atoms. The maximum absolute atomic E-state index is 9.21. The van der Waals surface area contributed by atoms with E-state index >= 15 is 0 Å². The van der Waals surface area contributed by atoms with Crippen molar-refractivity contribution in [2.24, 2.45) is 0 Å². The van der Waals surface area contributed by atoms with E-state index < -0.39 is 0 Å². The van der Waals surface area contributed by atoms with Gasteiger partial charge in [-0.05, 0) is 24.3 Å². The molecule has 6 heteroatoms. The summed E-state index contributed by atoms with van der Waals surface area (Å²) in [6.07, 6.45) is 5.20. The molecule has 0 radical (unpaired) electrons. The van der Waals surface area contributed by atoms with Crippen LogP contribution < -0.4 is 5.32 Å². The molecule has 0 spiro atoms. The van der Waals surface area contributed by atoms with Crippen LogP contribution in [0, 0.1) is 22.7 Å². The van der Waals surface area contributed by atoms with Crippen molar-refractivity contribution in [1.82, 2.24) is 14.8 Å². The average Bonchev–Trinajstić information content (AvgIpc) is 3.14. The van der Waals surface area contributed by atoms with Gasteiger partial charge < -0.3 is 5.32 Å². The van der Waals surface area contributed by atoms with E-state index in [1.54, 1.807) is 35.3 Å². The summed E-state index contributed by atoms with van der Waals surface area (Å²) in [6, 6.07) is 14.9. The van der Waals surface area contributed by atoms with E-state index in [2.05, 4.69) is 27.5 Å². The lowest BCUT2D eigenvalue weighted by atomic mass is 10.1. The van der Waals surface area contributed by atoms with Crippen molar-refractivity contribution in [2.45, 2.75) is 6.54 Å². The Labute approximate surface area is 133 Å². The van der Waals surface area contributed by atoms with Crippen LogP contribution in [0.15, 0.2) is 55.0 Å². The highest BCUT2D eigenvalue weighted by Gasteiger charge is 2.10. The van der Waals surface area contributed by atoms with Crippen molar-refractivity contribution in [2.75, 3.05) is 5.32 Å². The predicted molar refractivity (Wildman–Crippen MR) is 84.6 cm³/mol. The minimum Gasteiger partial charge on any atom is -0.379 e. The Hall–Kier alpha value is -3.64. The van der Waals surface area contributed by atoms with Crippen molar-refractivity contribution < 1.29 is 0 Å². The van der Waals surface area contributed by atoms with Gasteiger partial charge in [0.25, 0.3) is 0 Å². The summed E-state index contributed by atoms with van der Waals surface area (Å²) in [6.45, 7) is 0.427. The number of pyridine rings is 1. The lowest BCUT2D eigenvalue weighted by molar-refractivity contribution is 0.829. The third-order valence-corrected chi connectivity index (χ3v) is 3.35. The first-order valence-corrected chi connectivity index (χ1v) is 6.94. The first-order chi connectivity index (χ1) is 11.3. The van der Waals surface area contributed by atoms with E-state index in [1.165, 1.54) is 0 Å². The van der Waals surface area contributed by atoms with Crippen molar-refractivity contribution >= 4 is 5.69 Å². The normalized spacial score (nSPS) is 9.83. The number of para-hydroxylation sites is 1. The zero-order valence-corrected chi connectivity index (χ0v) is 12.1. The largest absolute Gasteiger partial charge is 0.379 e. The topological polar surface area (TPSA) is 90.3 Å². The highest BCUT2D eigenvalue weighted by atomic mass is 15.3. The Kier molecular flexibility index (Phi) is 3.99. The first kappa shape index (κ1) is 14.3. The number of hydrogen-bond donors (Lipinski definition) is 1. The standard InChI is InChI=1S/C17H12N6/c18-10-13-4-1-5-14(11-19)16(13)21-12-15-6-2-7-20-17(15)23-9-3-8-22-23/h1-9,21H,12H2. The van der Waals surface area contributed by atoms with Gasteiger partial charge in [0.2, 0.25) is 0 Å². The Bertz CT molecular complexity index is 867. The zero-order valence-electron chi connectivity index (χ0n) is 12.1. The third kappa shape index (κ3) is 2.87. The van der Waals surface area contributed by atoms with Gasteiger partial charge in [0, 0.05) is 30.7 Å². The van der Waals surface area contributed by atoms with E-state index in [9.17, 15) is 10.5 Å². The van der Waals surface area contributed by atoms with Crippen LogP contribution in [0.2, 0.25) is 0 Å². The second-order valence-corrected chi connectivity index (χ2v) is 4.74. The third-order valence-electron chi connectivity index (χ3n) is 3.35. The van der Waals surface area contributed by atoms with Crippen LogP contribution in [-0.4, -0.2) is 14.8 Å². The van der Waals surface area contributed by atoms with Crippen molar-refractivity contribution in [3.05, 3.63) is 71.7 Å². The van der Waals surface area contributed by atoms with E-state index in [0.717, 1.165) is 5.56 Å². The van der Waals surface area contributed by atoms with Gasteiger partial charge >= 0.3 is 0 Å². The van der Waals surface area contributed by atoms with Crippen molar-refractivity contribution in [3.63, 3.8) is 0 Å². The molecular weight excluding hydrogens is 288 g/mol. The molecule has 23 heavy (non-hydrogen) atoms. The van der Waals surface area contributed by atoms with E-state index in [0.29, 0.717) is 29.2 Å². The van der Waals surface area contributed by atoms with Crippen LogP contribution in [0.3, 0.4) is 0 Å². The lowest BCUT2D eigenvalue weighted by Gasteiger charge is -2.12. The molecule has 0 amide bonds. The van der Waals surface area contributed by atoms with Crippen LogP contribution in [0.25, 0.3) is 5.82 Å². The molecule has 2 heterocycles. The molecule has 2 aromatic heterocycles. The molecular formula is C17H12N6. The molecule has 0 atom stereocenters. The van der Waals surface area contributed by atoms with E-state index in [-0.39, 0.29) is 0 Å². The van der Waals surface area contributed by atoms with Gasteiger partial charge in [0.1, 0.15) is 12.1 Å². The molecule has 3 aromatic rings. The summed E-state index contributed by atoms with van der Waals surface area (Å²) in [7, 11) is 0. The summed E-state index contributed by atoms with van der Waals surface area (Å²) >= 11 is 0. The summed E-state index contributed by atoms with van der Waals surface area (Å²) in [5, 5.41) is 25.8. The molecule has 110 valence electrons. The predicted octanol–water partition coefficient (Wildman–Crippen LogP) is 2.62. The van der Waals surface area contributed by atoms with Gasteiger partial charge in [-0.15, -0.1) is 0 Å². The molecule has 0 aliphatic heterocycles. The van der Waals surface area contributed by atoms with Crippen LogP contribution >= 0.6 is 0 Å². The number of hydrogen-bond acceptors (Lipinski definition) is 5. The molecule has 6 nitrogen and oxygen atoms in total. The minimum atomic E-state index is 0.427. The lowest BCUT2D eigenvalue weighted by Crippen LogP contribution is -2.09. The number of rotatable bonds is 4. The molecule has 0 unspecified atom stereocenters. The van der Waals surface area contributed by atoms with Crippen molar-refractivity contribution in [3.8, 4) is 18.0 Å². The summed E-state index contributed by atoms with van der Waals surface area (Å²) in [5.74, 6) is 0.706. The van der Waals surface area contributed by atoms with E-state index in [1.807, 2.05) is 24.4 Å². The van der Waals surface area contributed by atoms with Gasteiger partial charge in [-0.25, -0.2) is 9.67 Å². The minimum absolute atomic E-state index is 0.427. The number of nitrogens with one attached hydrogen (secondary N) is 1. The number of benzene rings is 1. The molecule has 0 aliphatic rings. The summed E-state index contributed by atoms with van der Waals surface area (Å²) in [4.78, 5) is 4.35. The van der Waals surface area contributed by atoms with Gasteiger partial charge in [0.05, 0.1) is 16.8 Å². The molecule has 3 rings (SSSR count). The molecule has 1 N–H and O–H groups in total. The number of nitrogens with zero attached hydrogens (tertiary/aromatic N) is 5. The van der Waals surface area contributed by atoms with Gasteiger partial charge in [0.15, 0.2) is 5.82 Å². The quantitative estimate of drug-likeness (QED) is 0.799. The smallest absolute Gasteiger partial charge is 0.158 e. The molecule has 0 saturated heterocycles. The SMILES string of the molecule is N#Cc1cccc(C#N)c1NCc1cccnc1-n1cccn1. The summed E-state index contributed by atoms with van der Waals surface area (Å²) in [5.41, 5.74) is 2.32. The highest BCUT2D eigenvalue weighted by Crippen LogP contribution is 2.21. The second kappa shape index (κ2) is 6.42. The van der Waals surface area contributed by atoms with Crippen LogP contribution in [0.4, 0.5) is 5.69 Å².